The molecule has 1 saturated carbocycles. The van der Waals surface area contributed by atoms with Crippen molar-refractivity contribution in [2.75, 3.05) is 0 Å². The number of hydrogen-bond acceptors (Lipinski definition) is 1. The maximum Gasteiger partial charge on any atom is 0.00500 e. The first kappa shape index (κ1) is 9.44. The highest BCUT2D eigenvalue weighted by Gasteiger charge is 2.31. The van der Waals surface area contributed by atoms with E-state index in [1.165, 1.54) is 25.7 Å². The molecule has 0 aliphatic heterocycles. The van der Waals surface area contributed by atoms with Gasteiger partial charge in [0.1, 0.15) is 0 Å². The Hall–Kier alpha value is 0.350. The number of thiol groups is 1. The van der Waals surface area contributed by atoms with E-state index in [-0.39, 0.29) is 0 Å². The van der Waals surface area contributed by atoms with Crippen molar-refractivity contribution >= 4 is 12.6 Å². The minimum absolute atomic E-state index is 0.465. The molecule has 0 radical (unpaired) electrons. The summed E-state index contributed by atoms with van der Waals surface area (Å²) in [5.41, 5.74) is 0.465. The van der Waals surface area contributed by atoms with Crippen LogP contribution in [0, 0.1) is 11.3 Å². The molecule has 0 bridgehead atoms. The average Bonchev–Trinajstić information content (AvgIpc) is 1.86. The summed E-state index contributed by atoms with van der Waals surface area (Å²) in [7, 11) is 0. The lowest BCUT2D eigenvalue weighted by Crippen LogP contribution is -2.31. The van der Waals surface area contributed by atoms with Crippen LogP contribution in [0.15, 0.2) is 0 Å². The van der Waals surface area contributed by atoms with Crippen LogP contribution in [0.2, 0.25) is 0 Å². The van der Waals surface area contributed by atoms with E-state index in [0.717, 1.165) is 5.92 Å². The van der Waals surface area contributed by atoms with Crippen LogP contribution in [-0.2, 0) is 0 Å². The van der Waals surface area contributed by atoms with Crippen LogP contribution in [0.25, 0.3) is 0 Å². The highest BCUT2D eigenvalue weighted by molar-refractivity contribution is 7.81. The maximum atomic E-state index is 4.65. The summed E-state index contributed by atoms with van der Waals surface area (Å²) >= 11 is 4.65. The second kappa shape index (κ2) is 3.38. The molecule has 2 atom stereocenters. The van der Waals surface area contributed by atoms with Crippen molar-refractivity contribution < 1.29 is 0 Å². The molecule has 1 aliphatic carbocycles. The molecule has 0 spiro atoms. The fourth-order valence-electron chi connectivity index (χ4n) is 2.12. The molecule has 0 aromatic heterocycles. The van der Waals surface area contributed by atoms with Crippen molar-refractivity contribution in [3.63, 3.8) is 0 Å². The molecule has 1 heteroatoms. The largest absolute Gasteiger partial charge is 0.176 e. The van der Waals surface area contributed by atoms with Gasteiger partial charge in [-0.2, -0.15) is 12.6 Å². The molecule has 2 unspecified atom stereocenters. The van der Waals surface area contributed by atoms with E-state index in [1.807, 2.05) is 0 Å². The number of hydrogen-bond donors (Lipinski definition) is 1. The fourth-order valence-corrected chi connectivity index (χ4v) is 2.90. The van der Waals surface area contributed by atoms with E-state index in [0.29, 0.717) is 10.7 Å². The molecule has 0 heterocycles. The van der Waals surface area contributed by atoms with E-state index in [2.05, 4.69) is 33.4 Å². The fraction of sp³-hybridized carbons (Fsp3) is 1.00. The second-order valence-corrected chi connectivity index (χ2v) is 5.49. The zero-order valence-corrected chi connectivity index (χ0v) is 8.82. The highest BCUT2D eigenvalue weighted by Crippen LogP contribution is 2.40. The van der Waals surface area contributed by atoms with E-state index in [9.17, 15) is 0 Å². The minimum atomic E-state index is 0.465. The Bertz CT molecular complexity index is 123. The number of rotatable bonds is 0. The zero-order valence-electron chi connectivity index (χ0n) is 7.93. The lowest BCUT2D eigenvalue weighted by molar-refractivity contribution is 0.188. The van der Waals surface area contributed by atoms with Gasteiger partial charge in [0.15, 0.2) is 0 Å². The van der Waals surface area contributed by atoms with Crippen molar-refractivity contribution in [1.29, 1.82) is 0 Å². The molecule has 0 amide bonds. The van der Waals surface area contributed by atoms with Gasteiger partial charge >= 0.3 is 0 Å². The van der Waals surface area contributed by atoms with Gasteiger partial charge in [0.2, 0.25) is 0 Å². The second-order valence-electron chi connectivity index (χ2n) is 4.82. The third kappa shape index (κ3) is 2.40. The summed E-state index contributed by atoms with van der Waals surface area (Å²) in [6.45, 7) is 7.02. The lowest BCUT2D eigenvalue weighted by atomic mass is 9.72. The van der Waals surface area contributed by atoms with Crippen molar-refractivity contribution in [2.45, 2.75) is 51.7 Å². The topological polar surface area (TPSA) is 0 Å². The Labute approximate surface area is 76.2 Å². The standard InChI is InChI=1S/C10H20S/c1-10(2,3)8-6-4-5-7-9(8)11/h8-9,11H,4-7H2,1-3H3. The van der Waals surface area contributed by atoms with Crippen LogP contribution in [0.5, 0.6) is 0 Å². The normalized spacial score (nSPS) is 33.8. The summed E-state index contributed by atoms with van der Waals surface area (Å²) in [5.74, 6) is 0.833. The van der Waals surface area contributed by atoms with Gasteiger partial charge in [-0.1, -0.05) is 33.6 Å². The van der Waals surface area contributed by atoms with Gasteiger partial charge in [-0.25, -0.2) is 0 Å². The van der Waals surface area contributed by atoms with Gasteiger partial charge in [0, 0.05) is 5.25 Å². The molecular formula is C10H20S. The Kier molecular flexibility index (Phi) is 2.90. The Morgan fingerprint density at radius 3 is 2.00 bits per heavy atom. The van der Waals surface area contributed by atoms with Crippen molar-refractivity contribution in [1.82, 2.24) is 0 Å². The van der Waals surface area contributed by atoms with Gasteiger partial charge in [-0.3, -0.25) is 0 Å². The predicted molar refractivity (Wildman–Crippen MR) is 54.2 cm³/mol. The third-order valence-corrected chi connectivity index (χ3v) is 3.46. The van der Waals surface area contributed by atoms with Crippen LogP contribution >= 0.6 is 12.6 Å². The van der Waals surface area contributed by atoms with E-state index >= 15 is 0 Å². The van der Waals surface area contributed by atoms with Crippen molar-refractivity contribution in [3.8, 4) is 0 Å². The molecular weight excluding hydrogens is 152 g/mol. The van der Waals surface area contributed by atoms with Crippen molar-refractivity contribution in [3.05, 3.63) is 0 Å². The average molecular weight is 172 g/mol. The minimum Gasteiger partial charge on any atom is -0.176 e. The predicted octanol–water partition coefficient (Wildman–Crippen LogP) is 3.52. The van der Waals surface area contributed by atoms with Crippen LogP contribution < -0.4 is 0 Å². The van der Waals surface area contributed by atoms with Gasteiger partial charge in [0.05, 0.1) is 0 Å². The highest BCUT2D eigenvalue weighted by atomic mass is 32.1. The summed E-state index contributed by atoms with van der Waals surface area (Å²) in [6, 6.07) is 0. The first-order valence-electron chi connectivity index (χ1n) is 4.70. The van der Waals surface area contributed by atoms with Gasteiger partial charge in [0.25, 0.3) is 0 Å². The van der Waals surface area contributed by atoms with Crippen molar-refractivity contribution in [2.24, 2.45) is 11.3 Å². The summed E-state index contributed by atoms with van der Waals surface area (Å²) in [5, 5.41) is 0.656. The van der Waals surface area contributed by atoms with Crippen LogP contribution in [0.4, 0.5) is 0 Å². The molecule has 1 fully saturated rings. The van der Waals surface area contributed by atoms with Gasteiger partial charge in [-0.05, 0) is 24.2 Å². The van der Waals surface area contributed by atoms with Crippen LogP contribution in [0.3, 0.4) is 0 Å². The van der Waals surface area contributed by atoms with Crippen LogP contribution in [0.1, 0.15) is 46.5 Å². The molecule has 0 nitrogen and oxygen atoms in total. The summed E-state index contributed by atoms with van der Waals surface area (Å²) < 4.78 is 0. The molecule has 0 N–H and O–H groups in total. The Morgan fingerprint density at radius 1 is 1.09 bits per heavy atom. The summed E-state index contributed by atoms with van der Waals surface area (Å²) in [6.07, 6.45) is 5.52. The maximum absolute atomic E-state index is 4.65. The van der Waals surface area contributed by atoms with E-state index < -0.39 is 0 Å². The molecule has 1 rings (SSSR count). The van der Waals surface area contributed by atoms with Crippen LogP contribution in [-0.4, -0.2) is 5.25 Å². The molecule has 0 aromatic rings. The molecule has 1 aliphatic rings. The molecule has 11 heavy (non-hydrogen) atoms. The monoisotopic (exact) mass is 172 g/mol. The van der Waals surface area contributed by atoms with Gasteiger partial charge in [-0.15, -0.1) is 0 Å². The first-order chi connectivity index (χ1) is 5.02. The Balaban J connectivity index is 2.55. The smallest absolute Gasteiger partial charge is 0.00500 e. The van der Waals surface area contributed by atoms with E-state index in [4.69, 9.17) is 0 Å². The quantitative estimate of drug-likeness (QED) is 0.531. The first-order valence-corrected chi connectivity index (χ1v) is 5.21. The van der Waals surface area contributed by atoms with E-state index in [1.54, 1.807) is 0 Å². The molecule has 0 saturated heterocycles. The summed E-state index contributed by atoms with van der Waals surface area (Å²) in [4.78, 5) is 0. The third-order valence-electron chi connectivity index (χ3n) is 2.84. The zero-order chi connectivity index (χ0) is 8.48. The molecule has 0 aromatic carbocycles. The van der Waals surface area contributed by atoms with Gasteiger partial charge < -0.3 is 0 Å². The Morgan fingerprint density at radius 2 is 1.64 bits per heavy atom. The SMILES string of the molecule is CC(C)(C)C1CCCCC1S. The lowest BCUT2D eigenvalue weighted by Gasteiger charge is -2.38. The molecule has 66 valence electrons.